The van der Waals surface area contributed by atoms with Gasteiger partial charge in [-0.3, -0.25) is 4.79 Å². The summed E-state index contributed by atoms with van der Waals surface area (Å²) >= 11 is 0. The summed E-state index contributed by atoms with van der Waals surface area (Å²) in [6.45, 7) is 5.09. The smallest absolute Gasteiger partial charge is 0.406 e. The van der Waals surface area contributed by atoms with E-state index >= 15 is 0 Å². The molecule has 1 amide bonds. The van der Waals surface area contributed by atoms with E-state index in [0.29, 0.717) is 12.2 Å². The van der Waals surface area contributed by atoms with Gasteiger partial charge in [-0.15, -0.1) is 6.58 Å². The van der Waals surface area contributed by atoms with E-state index in [-0.39, 0.29) is 18.3 Å². The first-order valence-corrected chi connectivity index (χ1v) is 5.17. The minimum absolute atomic E-state index is 0.0284. The van der Waals surface area contributed by atoms with Crippen molar-refractivity contribution >= 4 is 11.7 Å². The van der Waals surface area contributed by atoms with Crippen molar-refractivity contribution in [1.29, 1.82) is 0 Å². The third kappa shape index (κ3) is 3.85. The number of aromatic nitrogens is 1. The summed E-state index contributed by atoms with van der Waals surface area (Å²) in [4.78, 5) is 25.1. The van der Waals surface area contributed by atoms with Gasteiger partial charge in [0.2, 0.25) is 5.75 Å². The second kappa shape index (κ2) is 6.33. The number of hydrogen-bond acceptors (Lipinski definition) is 5. The number of hydrogen-bond donors (Lipinski definition) is 1. The molecule has 0 bridgehead atoms. The molecule has 0 radical (unpaired) electrons. The predicted molar refractivity (Wildman–Crippen MR) is 64.3 cm³/mol. The van der Waals surface area contributed by atoms with E-state index in [1.807, 2.05) is 0 Å². The minimum atomic E-state index is -0.649. The first-order valence-electron chi connectivity index (χ1n) is 5.17. The monoisotopic (exact) mass is 251 g/mol. The maximum absolute atomic E-state index is 11.2. The third-order valence-corrected chi connectivity index (χ3v) is 1.95. The van der Waals surface area contributed by atoms with Gasteiger partial charge in [0.1, 0.15) is 5.69 Å². The molecule has 0 fully saturated rings. The molecule has 18 heavy (non-hydrogen) atoms. The zero-order chi connectivity index (χ0) is 13.5. The van der Waals surface area contributed by atoms with Gasteiger partial charge in [0.25, 0.3) is 5.91 Å². The van der Waals surface area contributed by atoms with Gasteiger partial charge in [-0.25, -0.2) is 0 Å². The van der Waals surface area contributed by atoms with Gasteiger partial charge in [-0.1, -0.05) is 6.08 Å². The highest BCUT2D eigenvalue weighted by Gasteiger charge is 2.18. The fraction of sp³-hybridized carbons (Fsp3) is 0.273. The van der Waals surface area contributed by atoms with Crippen LogP contribution in [0.2, 0.25) is 0 Å². The number of nitro groups is 1. The van der Waals surface area contributed by atoms with Crippen molar-refractivity contribution in [3.8, 4) is 5.75 Å². The molecule has 1 heterocycles. The Labute approximate surface area is 104 Å². The molecule has 0 unspecified atom stereocenters. The summed E-state index contributed by atoms with van der Waals surface area (Å²) in [7, 11) is 0. The Morgan fingerprint density at radius 2 is 2.39 bits per heavy atom. The van der Waals surface area contributed by atoms with Gasteiger partial charge >= 0.3 is 5.82 Å². The topological polar surface area (TPSA) is 94.4 Å². The first-order chi connectivity index (χ1) is 8.54. The number of rotatable bonds is 6. The van der Waals surface area contributed by atoms with Crippen molar-refractivity contribution < 1.29 is 14.5 Å². The Balaban J connectivity index is 2.69. The minimum Gasteiger partial charge on any atom is -0.476 e. The summed E-state index contributed by atoms with van der Waals surface area (Å²) in [5.41, 5.74) is 0.505. The molecule has 1 N–H and O–H groups in total. The molecular weight excluding hydrogens is 238 g/mol. The summed E-state index contributed by atoms with van der Waals surface area (Å²) in [6.07, 6.45) is 1.52. The first kappa shape index (κ1) is 13.6. The molecular formula is C11H13N3O4. The Bertz CT molecular complexity index is 473. The van der Waals surface area contributed by atoms with E-state index < -0.39 is 10.7 Å². The van der Waals surface area contributed by atoms with Crippen molar-refractivity contribution in [2.24, 2.45) is 0 Å². The Hall–Kier alpha value is -2.44. The largest absolute Gasteiger partial charge is 0.476 e. The molecule has 0 spiro atoms. The Morgan fingerprint density at radius 3 is 3.00 bits per heavy atom. The number of amides is 1. The number of nitrogens with one attached hydrogen (secondary N) is 1. The molecule has 0 aliphatic heterocycles. The highest BCUT2D eigenvalue weighted by atomic mass is 16.6. The predicted octanol–water partition coefficient (Wildman–Crippen LogP) is 0.979. The lowest BCUT2D eigenvalue weighted by Crippen LogP contribution is -2.28. The fourth-order valence-corrected chi connectivity index (χ4v) is 1.15. The highest BCUT2D eigenvalue weighted by Crippen LogP contribution is 2.24. The van der Waals surface area contributed by atoms with Crippen LogP contribution >= 0.6 is 0 Å². The Morgan fingerprint density at radius 1 is 1.67 bits per heavy atom. The summed E-state index contributed by atoms with van der Waals surface area (Å²) in [6, 6.07) is 2.99. The normalized spacial score (nSPS) is 9.61. The van der Waals surface area contributed by atoms with Crippen LogP contribution in [0, 0.1) is 17.0 Å². The second-order valence-electron chi connectivity index (χ2n) is 3.41. The molecule has 1 aromatic heterocycles. The van der Waals surface area contributed by atoms with Crippen LogP contribution in [0.4, 0.5) is 5.82 Å². The van der Waals surface area contributed by atoms with E-state index in [4.69, 9.17) is 4.74 Å². The molecule has 7 heteroatoms. The maximum Gasteiger partial charge on any atom is 0.406 e. The lowest BCUT2D eigenvalue weighted by Gasteiger charge is -2.06. The molecule has 1 aromatic rings. The molecule has 7 nitrogen and oxygen atoms in total. The Kier molecular flexibility index (Phi) is 4.79. The summed E-state index contributed by atoms with van der Waals surface area (Å²) in [5, 5.41) is 13.2. The van der Waals surface area contributed by atoms with Crippen LogP contribution in [-0.2, 0) is 4.79 Å². The van der Waals surface area contributed by atoms with Crippen LogP contribution in [0.1, 0.15) is 5.69 Å². The number of aryl methyl sites for hydroxylation is 1. The standard InChI is InChI=1S/C11H13N3O4/c1-3-6-12-10(15)7-18-9-5-4-8(2)13-11(9)14(16)17/h3-5H,1,6-7H2,2H3,(H,12,15). The lowest BCUT2D eigenvalue weighted by atomic mass is 10.3. The number of ether oxygens (including phenoxy) is 1. The second-order valence-corrected chi connectivity index (χ2v) is 3.41. The van der Waals surface area contributed by atoms with E-state index in [1.54, 1.807) is 13.0 Å². The number of carbonyl (C=O) groups excluding carboxylic acids is 1. The van der Waals surface area contributed by atoms with Gasteiger partial charge in [-0.05, 0) is 22.0 Å². The van der Waals surface area contributed by atoms with Crippen molar-refractivity contribution in [1.82, 2.24) is 10.3 Å². The van der Waals surface area contributed by atoms with E-state index in [9.17, 15) is 14.9 Å². The van der Waals surface area contributed by atoms with Gasteiger partial charge in [-0.2, -0.15) is 0 Å². The molecule has 96 valence electrons. The van der Waals surface area contributed by atoms with Crippen LogP contribution in [0.5, 0.6) is 5.75 Å². The van der Waals surface area contributed by atoms with Gasteiger partial charge in [0, 0.05) is 13.5 Å². The molecule has 0 saturated heterocycles. The number of pyridine rings is 1. The maximum atomic E-state index is 11.2. The van der Waals surface area contributed by atoms with E-state index in [0.717, 1.165) is 0 Å². The zero-order valence-electron chi connectivity index (χ0n) is 9.88. The molecule has 0 atom stereocenters. The van der Waals surface area contributed by atoms with Crippen LogP contribution in [0.25, 0.3) is 0 Å². The van der Waals surface area contributed by atoms with Gasteiger partial charge in [0.05, 0.1) is 0 Å². The highest BCUT2D eigenvalue weighted by molar-refractivity contribution is 5.77. The van der Waals surface area contributed by atoms with Crippen LogP contribution in [0.3, 0.4) is 0 Å². The summed E-state index contributed by atoms with van der Waals surface area (Å²) < 4.78 is 5.06. The number of nitrogens with zero attached hydrogens (tertiary/aromatic N) is 2. The van der Waals surface area contributed by atoms with Crippen molar-refractivity contribution in [3.05, 3.63) is 40.6 Å². The molecule has 0 aliphatic rings. The average Bonchev–Trinajstić information content (AvgIpc) is 2.34. The average molecular weight is 251 g/mol. The van der Waals surface area contributed by atoms with Crippen LogP contribution in [-0.4, -0.2) is 29.0 Å². The van der Waals surface area contributed by atoms with Crippen LogP contribution < -0.4 is 10.1 Å². The van der Waals surface area contributed by atoms with Gasteiger partial charge < -0.3 is 20.2 Å². The molecule has 1 rings (SSSR count). The van der Waals surface area contributed by atoms with E-state index in [1.165, 1.54) is 12.1 Å². The van der Waals surface area contributed by atoms with E-state index in [2.05, 4.69) is 16.9 Å². The van der Waals surface area contributed by atoms with Crippen molar-refractivity contribution in [2.45, 2.75) is 6.92 Å². The quantitative estimate of drug-likeness (QED) is 0.462. The summed E-state index contributed by atoms with van der Waals surface area (Å²) in [5.74, 6) is -0.810. The third-order valence-electron chi connectivity index (χ3n) is 1.95. The van der Waals surface area contributed by atoms with Crippen molar-refractivity contribution in [3.63, 3.8) is 0 Å². The van der Waals surface area contributed by atoms with Crippen LogP contribution in [0.15, 0.2) is 24.8 Å². The molecule has 0 aromatic carbocycles. The number of carbonyl (C=O) groups is 1. The lowest BCUT2D eigenvalue weighted by molar-refractivity contribution is -0.390. The zero-order valence-corrected chi connectivity index (χ0v) is 9.88. The molecule has 0 saturated carbocycles. The van der Waals surface area contributed by atoms with Crippen molar-refractivity contribution in [2.75, 3.05) is 13.2 Å². The van der Waals surface area contributed by atoms with Gasteiger partial charge in [0.15, 0.2) is 6.61 Å². The fourth-order valence-electron chi connectivity index (χ4n) is 1.15. The molecule has 0 aliphatic carbocycles. The SMILES string of the molecule is C=CCNC(=O)COc1ccc(C)nc1[N+](=O)[O-].